The van der Waals surface area contributed by atoms with Gasteiger partial charge >= 0.3 is 0 Å². The Bertz CT molecular complexity index is 1430. The van der Waals surface area contributed by atoms with E-state index in [2.05, 4.69) is 32.5 Å². The highest BCUT2D eigenvalue weighted by molar-refractivity contribution is 6.03. The molecule has 44 heavy (non-hydrogen) atoms. The number of piperidine rings is 2. The van der Waals surface area contributed by atoms with Crippen LogP contribution in [-0.2, 0) is 4.79 Å². The number of anilines is 4. The molecule has 1 unspecified atom stereocenters. The number of methoxy groups -OCH3 is 1. The van der Waals surface area contributed by atoms with Crippen LogP contribution in [0, 0.1) is 11.2 Å². The summed E-state index contributed by atoms with van der Waals surface area (Å²) >= 11 is 0. The van der Waals surface area contributed by atoms with Gasteiger partial charge in [0.25, 0.3) is 5.91 Å². The predicted molar refractivity (Wildman–Crippen MR) is 167 cm³/mol. The second-order valence-corrected chi connectivity index (χ2v) is 13.7. The molecule has 0 radical (unpaired) electrons. The van der Waals surface area contributed by atoms with Crippen LogP contribution in [0.5, 0.6) is 5.75 Å². The minimum absolute atomic E-state index is 0.0251. The van der Waals surface area contributed by atoms with Gasteiger partial charge in [0.05, 0.1) is 30.0 Å². The summed E-state index contributed by atoms with van der Waals surface area (Å²) in [5.41, 5.74) is 0.627. The third-order valence-electron chi connectivity index (χ3n) is 10.9. The summed E-state index contributed by atoms with van der Waals surface area (Å²) < 4.78 is 21.1. The molecule has 4 fully saturated rings. The minimum Gasteiger partial charge on any atom is -0.495 e. The maximum absolute atomic E-state index is 15.5. The van der Waals surface area contributed by atoms with Gasteiger partial charge in [0.15, 0.2) is 5.82 Å². The first-order valence-electron chi connectivity index (χ1n) is 16.4. The molecule has 2 saturated heterocycles. The molecule has 7 rings (SSSR count). The van der Waals surface area contributed by atoms with Crippen LogP contribution < -0.4 is 25.2 Å². The highest BCUT2D eigenvalue weighted by atomic mass is 19.1. The maximum Gasteiger partial charge on any atom is 0.254 e. The lowest BCUT2D eigenvalue weighted by Crippen LogP contribution is -2.55. The number of hydrogen-bond donors (Lipinski definition) is 2. The van der Waals surface area contributed by atoms with Gasteiger partial charge in [0.2, 0.25) is 11.9 Å². The Morgan fingerprint density at radius 3 is 2.41 bits per heavy atom. The number of aromatic nitrogens is 2. The number of carbonyl (C=O) groups excluding carboxylic acids is 2. The van der Waals surface area contributed by atoms with Gasteiger partial charge in [-0.15, -0.1) is 0 Å². The van der Waals surface area contributed by atoms with Crippen LogP contribution >= 0.6 is 0 Å². The molecule has 11 heteroatoms. The zero-order valence-corrected chi connectivity index (χ0v) is 26.1. The van der Waals surface area contributed by atoms with E-state index in [9.17, 15) is 9.59 Å². The van der Waals surface area contributed by atoms with Gasteiger partial charge in [0, 0.05) is 43.8 Å². The molecule has 3 aliphatic heterocycles. The Balaban J connectivity index is 1.13. The number of benzene rings is 1. The van der Waals surface area contributed by atoms with Gasteiger partial charge in [-0.25, -0.2) is 9.37 Å². The fraction of sp³-hybridized carbons (Fsp3) is 0.636. The lowest BCUT2D eigenvalue weighted by Gasteiger charge is -2.47. The van der Waals surface area contributed by atoms with E-state index in [1.165, 1.54) is 44.9 Å². The predicted octanol–water partition coefficient (Wildman–Crippen LogP) is 5.01. The SMILES string of the molecule is COc1cc(C(=O)NC2C[C@H]3CCC[C@@H](C2)N3C)c(F)cc1Nc1ncc2c(n1)N(C1CCCCC1)CC1(CC1)C(=O)N2C. The normalized spacial score (nSPS) is 26.6. The second kappa shape index (κ2) is 11.5. The van der Waals surface area contributed by atoms with Gasteiger partial charge in [0.1, 0.15) is 17.3 Å². The number of rotatable bonds is 6. The Morgan fingerprint density at radius 2 is 1.73 bits per heavy atom. The molecule has 2 N–H and O–H groups in total. The monoisotopic (exact) mass is 605 g/mol. The van der Waals surface area contributed by atoms with E-state index in [-0.39, 0.29) is 28.9 Å². The number of amides is 2. The summed E-state index contributed by atoms with van der Waals surface area (Å²) in [6.45, 7) is 0.658. The van der Waals surface area contributed by atoms with Crippen molar-refractivity contribution in [1.82, 2.24) is 20.2 Å². The summed E-state index contributed by atoms with van der Waals surface area (Å²) in [6.07, 6.45) is 14.4. The average molecular weight is 606 g/mol. The van der Waals surface area contributed by atoms with E-state index in [4.69, 9.17) is 9.72 Å². The van der Waals surface area contributed by atoms with Gasteiger partial charge in [-0.2, -0.15) is 4.98 Å². The fourth-order valence-electron chi connectivity index (χ4n) is 8.14. The molecule has 10 nitrogen and oxygen atoms in total. The Labute approximate surface area is 258 Å². The van der Waals surface area contributed by atoms with Crippen molar-refractivity contribution in [2.24, 2.45) is 5.41 Å². The minimum atomic E-state index is -0.640. The first-order valence-corrected chi connectivity index (χ1v) is 16.4. The fourth-order valence-corrected chi connectivity index (χ4v) is 8.14. The molecule has 4 heterocycles. The molecular formula is C33H44FN7O3. The van der Waals surface area contributed by atoms with E-state index >= 15 is 4.39 Å². The van der Waals surface area contributed by atoms with Crippen LogP contribution in [0.3, 0.4) is 0 Å². The van der Waals surface area contributed by atoms with E-state index in [0.717, 1.165) is 57.2 Å². The van der Waals surface area contributed by atoms with Crippen molar-refractivity contribution in [2.75, 3.05) is 42.9 Å². The van der Waals surface area contributed by atoms with Gasteiger partial charge in [-0.3, -0.25) is 9.59 Å². The van der Waals surface area contributed by atoms with Crippen LogP contribution in [0.1, 0.15) is 87.4 Å². The first kappa shape index (κ1) is 29.3. The smallest absolute Gasteiger partial charge is 0.254 e. The van der Waals surface area contributed by atoms with E-state index in [1.807, 2.05) is 7.05 Å². The summed E-state index contributed by atoms with van der Waals surface area (Å²) in [5, 5.41) is 6.24. The topological polar surface area (TPSA) is 103 Å². The van der Waals surface area contributed by atoms with Crippen molar-refractivity contribution in [1.29, 1.82) is 0 Å². The van der Waals surface area contributed by atoms with E-state index < -0.39 is 11.7 Å². The maximum atomic E-state index is 15.5. The number of halogens is 1. The molecule has 3 atom stereocenters. The van der Waals surface area contributed by atoms with E-state index in [0.29, 0.717) is 41.8 Å². The van der Waals surface area contributed by atoms with Crippen LogP contribution in [0.4, 0.5) is 27.5 Å². The van der Waals surface area contributed by atoms with Crippen molar-refractivity contribution in [3.05, 3.63) is 29.7 Å². The highest BCUT2D eigenvalue weighted by Gasteiger charge is 2.55. The molecule has 2 aliphatic carbocycles. The Kier molecular flexibility index (Phi) is 7.63. The zero-order valence-electron chi connectivity index (χ0n) is 26.1. The molecule has 1 aromatic heterocycles. The number of hydrogen-bond acceptors (Lipinski definition) is 8. The Hall–Kier alpha value is -3.47. The third kappa shape index (κ3) is 5.26. The standard InChI is InChI=1S/C33H44FN7O3/c1-39-22-10-7-11-23(39)15-20(14-22)36-30(42)24-16-28(44-3)26(17-25(24)34)37-32-35-18-27-29(38-32)41(21-8-5-4-6-9-21)19-33(12-13-33)31(43)40(27)2/h16-18,20-23H,4-15,19H2,1-3H3,(H,36,42)(H,35,37,38)/t20?,22-,23+. The Morgan fingerprint density at radius 1 is 1.02 bits per heavy atom. The van der Waals surface area contributed by atoms with Gasteiger partial charge in [-0.1, -0.05) is 25.7 Å². The molecule has 2 bridgehead atoms. The zero-order chi connectivity index (χ0) is 30.6. The average Bonchev–Trinajstić information content (AvgIpc) is 3.81. The van der Waals surface area contributed by atoms with Crippen LogP contribution in [0.2, 0.25) is 0 Å². The number of nitrogens with one attached hydrogen (secondary N) is 2. The second-order valence-electron chi connectivity index (χ2n) is 13.7. The van der Waals surface area contributed by atoms with Crippen molar-refractivity contribution in [3.8, 4) is 5.75 Å². The van der Waals surface area contributed by atoms with Crippen molar-refractivity contribution >= 4 is 35.0 Å². The van der Waals surface area contributed by atoms with Crippen LogP contribution in [-0.4, -0.2) is 78.6 Å². The number of ether oxygens (including phenoxy) is 1. The number of nitrogens with zero attached hydrogens (tertiary/aromatic N) is 5. The highest BCUT2D eigenvalue weighted by Crippen LogP contribution is 2.52. The molecule has 5 aliphatic rings. The lowest BCUT2D eigenvalue weighted by atomic mass is 9.82. The molecule has 1 spiro atoms. The van der Waals surface area contributed by atoms with Crippen LogP contribution in [0.25, 0.3) is 0 Å². The van der Waals surface area contributed by atoms with Gasteiger partial charge in [-0.05, 0) is 64.5 Å². The van der Waals surface area contributed by atoms with Crippen molar-refractivity contribution < 1.29 is 18.7 Å². The molecular weight excluding hydrogens is 561 g/mol. The molecule has 1 aromatic carbocycles. The number of carbonyl (C=O) groups is 2. The molecule has 2 saturated carbocycles. The van der Waals surface area contributed by atoms with Crippen molar-refractivity contribution in [3.63, 3.8) is 0 Å². The molecule has 2 amide bonds. The summed E-state index contributed by atoms with van der Waals surface area (Å²) in [6, 6.07) is 3.99. The summed E-state index contributed by atoms with van der Waals surface area (Å²) in [5.74, 6) is 0.396. The van der Waals surface area contributed by atoms with Gasteiger partial charge < -0.3 is 30.1 Å². The summed E-state index contributed by atoms with van der Waals surface area (Å²) in [7, 11) is 5.48. The largest absolute Gasteiger partial charge is 0.495 e. The lowest BCUT2D eigenvalue weighted by molar-refractivity contribution is -0.123. The third-order valence-corrected chi connectivity index (χ3v) is 10.9. The molecule has 2 aromatic rings. The van der Waals surface area contributed by atoms with Crippen molar-refractivity contribution in [2.45, 2.75) is 101 Å². The summed E-state index contributed by atoms with van der Waals surface area (Å²) in [4.78, 5) is 42.6. The number of fused-ring (bicyclic) bond motifs is 3. The first-order chi connectivity index (χ1) is 21.3. The quantitative estimate of drug-likeness (QED) is 0.474. The molecule has 236 valence electrons. The van der Waals surface area contributed by atoms with Crippen LogP contribution in [0.15, 0.2) is 18.3 Å². The van der Waals surface area contributed by atoms with E-state index in [1.54, 1.807) is 11.1 Å².